The molecule has 0 amide bonds. The molecule has 8 heteroatoms. The van der Waals surface area contributed by atoms with Crippen LogP contribution in [0.2, 0.25) is 5.02 Å². The van der Waals surface area contributed by atoms with Gasteiger partial charge < -0.3 is 15.4 Å². The van der Waals surface area contributed by atoms with Gasteiger partial charge in [0.25, 0.3) is 0 Å². The molecule has 0 aliphatic heterocycles. The summed E-state index contributed by atoms with van der Waals surface area (Å²) in [5.41, 5.74) is 2.74. The number of hydrogen-bond acceptors (Lipinski definition) is 4. The van der Waals surface area contributed by atoms with Gasteiger partial charge in [-0.15, -0.1) is 0 Å². The Kier molecular flexibility index (Phi) is 8.29. The first kappa shape index (κ1) is 22.2. The van der Waals surface area contributed by atoms with E-state index in [4.69, 9.17) is 16.3 Å². The largest absolute Gasteiger partial charge is 0.375 e. The quantitative estimate of drug-likeness (QED) is 0.387. The molecule has 0 aliphatic carbocycles. The maximum atomic E-state index is 11.7. The van der Waals surface area contributed by atoms with Crippen molar-refractivity contribution in [2.45, 2.75) is 25.0 Å². The van der Waals surface area contributed by atoms with Crippen LogP contribution in [0.4, 0.5) is 0 Å². The van der Waals surface area contributed by atoms with Crippen molar-refractivity contribution < 1.29 is 13.2 Å². The maximum absolute atomic E-state index is 11.7. The monoisotopic (exact) mass is 423 g/mol. The highest BCUT2D eigenvalue weighted by molar-refractivity contribution is 7.90. The van der Waals surface area contributed by atoms with Gasteiger partial charge in [-0.2, -0.15) is 0 Å². The molecular formula is C20H26ClN3O3S. The van der Waals surface area contributed by atoms with Crippen LogP contribution in [0.5, 0.6) is 0 Å². The van der Waals surface area contributed by atoms with E-state index >= 15 is 0 Å². The SMILES string of the molecule is CN=C(NCCOCc1cccc(Cl)c1)NCc1ccc(S(C)(=O)=O)c(C)c1. The Morgan fingerprint density at radius 2 is 1.93 bits per heavy atom. The van der Waals surface area contributed by atoms with Crippen LogP contribution < -0.4 is 10.6 Å². The summed E-state index contributed by atoms with van der Waals surface area (Å²) in [4.78, 5) is 4.53. The second-order valence-corrected chi connectivity index (χ2v) is 8.83. The lowest BCUT2D eigenvalue weighted by molar-refractivity contribution is 0.125. The predicted molar refractivity (Wildman–Crippen MR) is 114 cm³/mol. The van der Waals surface area contributed by atoms with Crippen molar-refractivity contribution in [3.63, 3.8) is 0 Å². The summed E-state index contributed by atoms with van der Waals surface area (Å²) in [7, 11) is -1.51. The minimum atomic E-state index is -3.20. The molecule has 6 nitrogen and oxygen atoms in total. The minimum Gasteiger partial charge on any atom is -0.375 e. The maximum Gasteiger partial charge on any atom is 0.191 e. The topological polar surface area (TPSA) is 79.8 Å². The summed E-state index contributed by atoms with van der Waals surface area (Å²) >= 11 is 5.95. The zero-order chi connectivity index (χ0) is 20.6. The number of aryl methyl sites for hydroxylation is 1. The second-order valence-electron chi connectivity index (χ2n) is 6.41. The highest BCUT2D eigenvalue weighted by Crippen LogP contribution is 2.16. The van der Waals surface area contributed by atoms with Gasteiger partial charge in [-0.05, 0) is 41.8 Å². The summed E-state index contributed by atoms with van der Waals surface area (Å²) in [6, 6.07) is 12.9. The van der Waals surface area contributed by atoms with Crippen molar-refractivity contribution in [1.82, 2.24) is 10.6 Å². The molecule has 2 rings (SSSR count). The number of hydrogen-bond donors (Lipinski definition) is 2. The molecule has 0 saturated heterocycles. The highest BCUT2D eigenvalue weighted by Gasteiger charge is 2.10. The summed E-state index contributed by atoms with van der Waals surface area (Å²) in [5, 5.41) is 7.08. The van der Waals surface area contributed by atoms with Crippen LogP contribution in [0, 0.1) is 6.92 Å². The molecule has 28 heavy (non-hydrogen) atoms. The Morgan fingerprint density at radius 1 is 1.14 bits per heavy atom. The van der Waals surface area contributed by atoms with Crippen LogP contribution in [-0.2, 0) is 27.7 Å². The fraction of sp³-hybridized carbons (Fsp3) is 0.350. The molecule has 0 fully saturated rings. The van der Waals surface area contributed by atoms with E-state index in [1.165, 1.54) is 6.26 Å². The van der Waals surface area contributed by atoms with Crippen molar-refractivity contribution in [2.24, 2.45) is 4.99 Å². The zero-order valence-corrected chi connectivity index (χ0v) is 17.9. The second kappa shape index (κ2) is 10.5. The Morgan fingerprint density at radius 3 is 2.57 bits per heavy atom. The van der Waals surface area contributed by atoms with E-state index in [2.05, 4.69) is 15.6 Å². The normalized spacial score (nSPS) is 12.1. The number of halogens is 1. The first-order valence-corrected chi connectivity index (χ1v) is 11.1. The molecule has 0 heterocycles. The van der Waals surface area contributed by atoms with Gasteiger partial charge >= 0.3 is 0 Å². The van der Waals surface area contributed by atoms with E-state index in [0.29, 0.717) is 42.2 Å². The Bertz CT molecular complexity index is 930. The van der Waals surface area contributed by atoms with Crippen LogP contribution in [0.25, 0.3) is 0 Å². The fourth-order valence-electron chi connectivity index (χ4n) is 2.70. The Balaban J connectivity index is 1.75. The van der Waals surface area contributed by atoms with Crippen LogP contribution in [0.3, 0.4) is 0 Å². The molecule has 152 valence electrons. The fourth-order valence-corrected chi connectivity index (χ4v) is 3.87. The minimum absolute atomic E-state index is 0.357. The lowest BCUT2D eigenvalue weighted by atomic mass is 10.1. The number of nitrogens with one attached hydrogen (secondary N) is 2. The number of ether oxygens (including phenoxy) is 1. The van der Waals surface area contributed by atoms with E-state index in [9.17, 15) is 8.42 Å². The highest BCUT2D eigenvalue weighted by atomic mass is 35.5. The van der Waals surface area contributed by atoms with Gasteiger partial charge in [0, 0.05) is 31.4 Å². The lowest BCUT2D eigenvalue weighted by Crippen LogP contribution is -2.38. The van der Waals surface area contributed by atoms with Crippen molar-refractivity contribution in [3.05, 3.63) is 64.2 Å². The molecule has 0 aromatic heterocycles. The first-order valence-electron chi connectivity index (χ1n) is 8.86. The third kappa shape index (κ3) is 7.14. The predicted octanol–water partition coefficient (Wildman–Crippen LogP) is 2.93. The van der Waals surface area contributed by atoms with E-state index in [-0.39, 0.29) is 0 Å². The molecule has 2 aromatic carbocycles. The Hall–Kier alpha value is -2.09. The van der Waals surface area contributed by atoms with Gasteiger partial charge in [-0.3, -0.25) is 4.99 Å². The first-order chi connectivity index (χ1) is 13.3. The smallest absolute Gasteiger partial charge is 0.191 e. The van der Waals surface area contributed by atoms with E-state index in [0.717, 1.165) is 16.7 Å². The molecule has 0 atom stereocenters. The number of aliphatic imine (C=N–C) groups is 1. The molecule has 0 radical (unpaired) electrons. The van der Waals surface area contributed by atoms with Gasteiger partial charge in [0.15, 0.2) is 15.8 Å². The average Bonchev–Trinajstić information content (AvgIpc) is 2.63. The van der Waals surface area contributed by atoms with Crippen LogP contribution >= 0.6 is 11.6 Å². The average molecular weight is 424 g/mol. The molecule has 0 unspecified atom stereocenters. The van der Waals surface area contributed by atoms with Gasteiger partial charge in [-0.25, -0.2) is 8.42 Å². The molecule has 0 spiro atoms. The van der Waals surface area contributed by atoms with Crippen LogP contribution in [-0.4, -0.2) is 40.8 Å². The number of sulfone groups is 1. The van der Waals surface area contributed by atoms with Crippen LogP contribution in [0.15, 0.2) is 52.4 Å². The van der Waals surface area contributed by atoms with E-state index in [1.54, 1.807) is 26.1 Å². The summed E-state index contributed by atoms with van der Waals surface area (Å²) in [5.74, 6) is 0.649. The standard InChI is InChI=1S/C20H26ClN3O3S/c1-15-11-16(7-8-19(15)28(3,25)26)13-24-20(22-2)23-9-10-27-14-17-5-4-6-18(21)12-17/h4-8,11-12H,9-10,13-14H2,1-3H3,(H2,22,23,24). The third-order valence-corrected chi connectivity index (χ3v) is 5.51. The number of benzene rings is 2. The summed E-state index contributed by atoms with van der Waals surface area (Å²) in [6.07, 6.45) is 1.22. The summed E-state index contributed by atoms with van der Waals surface area (Å²) in [6.45, 7) is 3.96. The van der Waals surface area contributed by atoms with Crippen LogP contribution in [0.1, 0.15) is 16.7 Å². The van der Waals surface area contributed by atoms with Gasteiger partial charge in [0.1, 0.15) is 0 Å². The molecular weight excluding hydrogens is 398 g/mol. The molecule has 2 aromatic rings. The van der Waals surface area contributed by atoms with Crippen molar-refractivity contribution in [3.8, 4) is 0 Å². The van der Waals surface area contributed by atoms with Crippen molar-refractivity contribution in [2.75, 3.05) is 26.5 Å². The molecule has 0 saturated carbocycles. The molecule has 0 aliphatic rings. The van der Waals surface area contributed by atoms with Crippen molar-refractivity contribution in [1.29, 1.82) is 0 Å². The van der Waals surface area contributed by atoms with Gasteiger partial charge in [0.2, 0.25) is 0 Å². The lowest BCUT2D eigenvalue weighted by Gasteiger charge is -2.13. The summed E-state index contributed by atoms with van der Waals surface area (Å²) < 4.78 is 29.0. The molecule has 2 N–H and O–H groups in total. The third-order valence-electron chi connectivity index (χ3n) is 4.02. The zero-order valence-electron chi connectivity index (χ0n) is 16.3. The van der Waals surface area contributed by atoms with Gasteiger partial charge in [-0.1, -0.05) is 35.9 Å². The van der Waals surface area contributed by atoms with Crippen molar-refractivity contribution >= 4 is 27.4 Å². The molecule has 0 bridgehead atoms. The number of rotatable bonds is 8. The number of guanidine groups is 1. The number of nitrogens with zero attached hydrogens (tertiary/aromatic N) is 1. The van der Waals surface area contributed by atoms with E-state index < -0.39 is 9.84 Å². The van der Waals surface area contributed by atoms with E-state index in [1.807, 2.05) is 30.3 Å². The Labute approximate surface area is 171 Å². The van der Waals surface area contributed by atoms with Gasteiger partial charge in [0.05, 0.1) is 18.1 Å².